The van der Waals surface area contributed by atoms with Crippen molar-refractivity contribution in [1.29, 1.82) is 0 Å². The van der Waals surface area contributed by atoms with Gasteiger partial charge >= 0.3 is 6.18 Å². The highest BCUT2D eigenvalue weighted by molar-refractivity contribution is 8.22. The highest BCUT2D eigenvalue weighted by atomic mass is 32.3. The highest BCUT2D eigenvalue weighted by Gasteiger charge is 2.30. The number of hydrogen-bond acceptors (Lipinski definition) is 7. The number of rotatable bonds is 7. The molecule has 8 nitrogen and oxygen atoms in total. The Bertz CT molecular complexity index is 1370. The summed E-state index contributed by atoms with van der Waals surface area (Å²) in [5.41, 5.74) is 1.96. The van der Waals surface area contributed by atoms with Crippen molar-refractivity contribution < 1.29 is 31.8 Å². The largest absolute Gasteiger partial charge is 0.495 e. The number of benzene rings is 2. The normalized spacial score (nSPS) is 20.3. The molecule has 1 unspecified atom stereocenters. The minimum Gasteiger partial charge on any atom is -0.495 e. The van der Waals surface area contributed by atoms with E-state index < -0.39 is 23.5 Å². The summed E-state index contributed by atoms with van der Waals surface area (Å²) >= 11 is 0. The predicted octanol–water partition coefficient (Wildman–Crippen LogP) is 6.03. The third-order valence-corrected chi connectivity index (χ3v) is 7.39. The fourth-order valence-electron chi connectivity index (χ4n) is 4.89. The third-order valence-electron chi connectivity index (χ3n) is 6.44. The molecule has 2 heterocycles. The second-order valence-electron chi connectivity index (χ2n) is 9.65. The fraction of sp³-hybridized carbons (Fsp3) is 0.407. The molecule has 2 aromatic carbocycles. The second kappa shape index (κ2) is 11.6. The maximum Gasteiger partial charge on any atom is 0.406 e. The van der Waals surface area contributed by atoms with Gasteiger partial charge in [-0.15, -0.1) is 10.8 Å². The second-order valence-corrected chi connectivity index (χ2v) is 11.3. The van der Waals surface area contributed by atoms with Gasteiger partial charge in [-0.1, -0.05) is 12.0 Å². The van der Waals surface area contributed by atoms with E-state index in [1.165, 1.54) is 23.8 Å². The summed E-state index contributed by atoms with van der Waals surface area (Å²) in [6.07, 6.45) is -2.64. The molecule has 0 radical (unpaired) electrons. The molecule has 39 heavy (non-hydrogen) atoms. The van der Waals surface area contributed by atoms with E-state index in [0.717, 1.165) is 18.5 Å². The Morgan fingerprint density at radius 3 is 2.49 bits per heavy atom. The van der Waals surface area contributed by atoms with E-state index in [1.807, 2.05) is 19.9 Å². The average molecular weight is 567 g/mol. The summed E-state index contributed by atoms with van der Waals surface area (Å²) < 4.78 is 72.2. The number of ether oxygens (including phenoxy) is 2. The monoisotopic (exact) mass is 566 g/mol. The van der Waals surface area contributed by atoms with Crippen molar-refractivity contribution in [2.75, 3.05) is 24.3 Å². The smallest absolute Gasteiger partial charge is 0.406 e. The standard InChI is InChI=1S/C27H33F3N4O4S/c1-17-12-19(13-18(2)38-17)33-23-7-4-8-25-22(23)14-20(34(25)16-27(28,29)30)6-5-11-32-24-10-9-21(39(31,35)36)15-26(24)37-3/h4,7-10,14-15,17-19,32-33,35-36H,11-13,16,31H2,1-3H3/t17-,18+,19?. The quantitative estimate of drug-likeness (QED) is 0.222. The van der Waals surface area contributed by atoms with E-state index in [2.05, 4.69) is 22.5 Å². The highest BCUT2D eigenvalue weighted by Crippen LogP contribution is 2.43. The Morgan fingerprint density at radius 1 is 1.13 bits per heavy atom. The van der Waals surface area contributed by atoms with Crippen molar-refractivity contribution >= 4 is 33.1 Å². The van der Waals surface area contributed by atoms with Gasteiger partial charge in [0.15, 0.2) is 0 Å². The van der Waals surface area contributed by atoms with Crippen LogP contribution >= 0.6 is 10.8 Å². The zero-order chi connectivity index (χ0) is 28.4. The summed E-state index contributed by atoms with van der Waals surface area (Å²) in [7, 11) is -1.99. The molecule has 6 N–H and O–H groups in total. The molecule has 1 aliphatic heterocycles. The van der Waals surface area contributed by atoms with Crippen LogP contribution < -0.4 is 20.5 Å². The lowest BCUT2D eigenvalue weighted by Gasteiger charge is -2.33. The SMILES string of the molecule is COc1cc(S(N)(O)O)ccc1NCC#Cc1cc2c(NC3C[C@@H](C)O[C@@H](C)C3)cccc2n1CC(F)(F)F. The third kappa shape index (κ3) is 7.32. The van der Waals surface area contributed by atoms with Gasteiger partial charge in [-0.05, 0) is 62.9 Å². The zero-order valence-electron chi connectivity index (χ0n) is 21.9. The molecule has 0 spiro atoms. The van der Waals surface area contributed by atoms with Gasteiger partial charge in [-0.25, -0.2) is 5.14 Å². The number of hydrogen-bond donors (Lipinski definition) is 5. The van der Waals surface area contributed by atoms with Crippen LogP contribution in [-0.4, -0.2) is 51.8 Å². The maximum atomic E-state index is 13.5. The van der Waals surface area contributed by atoms with Crippen molar-refractivity contribution in [1.82, 2.24) is 4.57 Å². The number of nitrogens with two attached hydrogens (primary N) is 1. The molecule has 12 heteroatoms. The van der Waals surface area contributed by atoms with Crippen LogP contribution in [0.5, 0.6) is 5.75 Å². The summed E-state index contributed by atoms with van der Waals surface area (Å²) in [6.45, 7) is 2.97. The first-order valence-corrected chi connectivity index (χ1v) is 14.0. The fourth-order valence-corrected chi connectivity index (χ4v) is 5.43. The number of nitrogens with one attached hydrogen (secondary N) is 2. The van der Waals surface area contributed by atoms with E-state index in [-0.39, 0.29) is 35.4 Å². The van der Waals surface area contributed by atoms with Gasteiger partial charge in [0.1, 0.15) is 12.3 Å². The molecule has 1 fully saturated rings. The molecule has 3 atom stereocenters. The topological polar surface area (TPSA) is 114 Å². The first kappa shape index (κ1) is 28.9. The molecule has 0 aliphatic carbocycles. The summed E-state index contributed by atoms with van der Waals surface area (Å²) in [5.74, 6) is 6.08. The predicted molar refractivity (Wildman–Crippen MR) is 148 cm³/mol. The Kier molecular flexibility index (Phi) is 8.58. The van der Waals surface area contributed by atoms with Crippen molar-refractivity contribution in [2.45, 2.75) is 62.6 Å². The van der Waals surface area contributed by atoms with E-state index in [1.54, 1.807) is 24.3 Å². The number of alkyl halides is 3. The zero-order valence-corrected chi connectivity index (χ0v) is 22.7. The van der Waals surface area contributed by atoms with Crippen LogP contribution in [0.4, 0.5) is 24.5 Å². The van der Waals surface area contributed by atoms with Crippen molar-refractivity contribution in [3.05, 3.63) is 48.2 Å². The minimum absolute atomic E-state index is 0.0930. The average Bonchev–Trinajstić information content (AvgIpc) is 3.17. The van der Waals surface area contributed by atoms with E-state index >= 15 is 0 Å². The molecular formula is C27H33F3N4O4S. The maximum absolute atomic E-state index is 13.5. The van der Waals surface area contributed by atoms with Crippen molar-refractivity contribution in [3.63, 3.8) is 0 Å². The minimum atomic E-state index is -4.43. The van der Waals surface area contributed by atoms with E-state index in [9.17, 15) is 22.3 Å². The number of methoxy groups -OCH3 is 1. The Hall–Kier alpha value is -3.08. The summed E-state index contributed by atoms with van der Waals surface area (Å²) in [5, 5.41) is 12.6. The molecule has 0 bridgehead atoms. The summed E-state index contributed by atoms with van der Waals surface area (Å²) in [6, 6.07) is 11.5. The van der Waals surface area contributed by atoms with Crippen LogP contribution in [0.1, 0.15) is 32.4 Å². The van der Waals surface area contributed by atoms with Crippen LogP contribution in [0.2, 0.25) is 0 Å². The number of anilines is 2. The van der Waals surface area contributed by atoms with E-state index in [0.29, 0.717) is 22.3 Å². The van der Waals surface area contributed by atoms with Gasteiger partial charge in [-0.2, -0.15) is 13.2 Å². The van der Waals surface area contributed by atoms with Crippen LogP contribution in [-0.2, 0) is 11.3 Å². The van der Waals surface area contributed by atoms with Crippen LogP contribution in [0.15, 0.2) is 47.4 Å². The van der Waals surface area contributed by atoms with Gasteiger partial charge in [0.25, 0.3) is 0 Å². The number of nitrogens with zero attached hydrogens (tertiary/aromatic N) is 1. The summed E-state index contributed by atoms with van der Waals surface area (Å²) in [4.78, 5) is 0.113. The molecule has 3 aromatic rings. The van der Waals surface area contributed by atoms with Crippen LogP contribution in [0.25, 0.3) is 10.9 Å². The lowest BCUT2D eigenvalue weighted by atomic mass is 9.99. The van der Waals surface area contributed by atoms with Gasteiger partial charge in [0.05, 0.1) is 47.7 Å². The Labute approximate surface area is 227 Å². The number of halogens is 3. The number of fused-ring (bicyclic) bond motifs is 1. The van der Waals surface area contributed by atoms with Crippen molar-refractivity contribution in [3.8, 4) is 17.6 Å². The molecule has 212 valence electrons. The van der Waals surface area contributed by atoms with Gasteiger partial charge < -0.3 is 24.7 Å². The molecule has 1 aliphatic rings. The first-order valence-electron chi connectivity index (χ1n) is 12.4. The molecule has 0 amide bonds. The van der Waals surface area contributed by atoms with Crippen LogP contribution in [0.3, 0.4) is 0 Å². The Morgan fingerprint density at radius 2 is 1.85 bits per heavy atom. The molecular weight excluding hydrogens is 533 g/mol. The lowest BCUT2D eigenvalue weighted by Crippen LogP contribution is -2.36. The molecule has 0 saturated carbocycles. The first-order chi connectivity index (χ1) is 18.3. The van der Waals surface area contributed by atoms with Crippen LogP contribution in [0, 0.1) is 11.8 Å². The van der Waals surface area contributed by atoms with E-state index in [4.69, 9.17) is 14.6 Å². The number of aromatic nitrogens is 1. The Balaban J connectivity index is 1.60. The molecule has 1 aromatic heterocycles. The van der Waals surface area contributed by atoms with Crippen molar-refractivity contribution in [2.24, 2.45) is 5.14 Å². The van der Waals surface area contributed by atoms with Gasteiger partial charge in [0, 0.05) is 23.2 Å². The molecule has 4 rings (SSSR count). The lowest BCUT2D eigenvalue weighted by molar-refractivity contribution is -0.140. The molecule has 1 saturated heterocycles. The van der Waals surface area contributed by atoms with Gasteiger partial charge in [-0.3, -0.25) is 9.11 Å². The van der Waals surface area contributed by atoms with Gasteiger partial charge in [0.2, 0.25) is 0 Å².